The predicted octanol–water partition coefficient (Wildman–Crippen LogP) is 2.92. The minimum Gasteiger partial charge on any atom is -0.387 e. The quantitative estimate of drug-likeness (QED) is 0.912. The van der Waals surface area contributed by atoms with E-state index >= 15 is 0 Å². The molecule has 1 fully saturated rings. The van der Waals surface area contributed by atoms with Crippen LogP contribution in [0, 0.1) is 6.92 Å². The smallest absolute Gasteiger partial charge is 0.126 e. The van der Waals surface area contributed by atoms with Crippen molar-refractivity contribution in [1.82, 2.24) is 9.88 Å². The Morgan fingerprint density at radius 2 is 1.88 bits per heavy atom. The Kier molecular flexibility index (Phi) is 4.25. The van der Waals surface area contributed by atoms with E-state index < -0.39 is 0 Å². The lowest BCUT2D eigenvalue weighted by atomic mass is 10.0. The maximum atomic E-state index is 10.7. The Labute approximate surface area is 143 Å². The third kappa shape index (κ3) is 3.04. The number of likely N-dealkylation sites (tertiary alicyclic amines) is 1. The highest BCUT2D eigenvalue weighted by atomic mass is 16.3. The van der Waals surface area contributed by atoms with Gasteiger partial charge >= 0.3 is 0 Å². The molecule has 4 rings (SSSR count). The molecular weight excluding hydrogens is 298 g/mol. The molecular formula is C20H25N3O. The summed E-state index contributed by atoms with van der Waals surface area (Å²) in [5, 5.41) is 14.2. The maximum absolute atomic E-state index is 10.7. The van der Waals surface area contributed by atoms with E-state index in [2.05, 4.69) is 33.4 Å². The van der Waals surface area contributed by atoms with Crippen LogP contribution in [0.15, 0.2) is 42.5 Å². The van der Waals surface area contributed by atoms with Crippen LogP contribution in [-0.4, -0.2) is 40.2 Å². The van der Waals surface area contributed by atoms with Gasteiger partial charge in [-0.15, -0.1) is 0 Å². The Morgan fingerprint density at radius 3 is 2.62 bits per heavy atom. The van der Waals surface area contributed by atoms with Gasteiger partial charge in [0.2, 0.25) is 0 Å². The number of hydrogen-bond acceptors (Lipinski definition) is 4. The third-order valence-corrected chi connectivity index (χ3v) is 5.41. The topological polar surface area (TPSA) is 48.4 Å². The van der Waals surface area contributed by atoms with E-state index in [-0.39, 0.29) is 12.1 Å². The summed E-state index contributed by atoms with van der Waals surface area (Å²) >= 11 is 0. The van der Waals surface area contributed by atoms with Gasteiger partial charge in [-0.05, 0) is 49.4 Å². The number of benzene rings is 1. The van der Waals surface area contributed by atoms with Crippen molar-refractivity contribution >= 4 is 5.82 Å². The summed E-state index contributed by atoms with van der Waals surface area (Å²) in [7, 11) is 0. The van der Waals surface area contributed by atoms with Gasteiger partial charge in [-0.25, -0.2) is 4.98 Å². The largest absolute Gasteiger partial charge is 0.387 e. The lowest BCUT2D eigenvalue weighted by Crippen LogP contribution is -2.46. The highest BCUT2D eigenvalue weighted by molar-refractivity contribution is 5.37. The molecule has 0 amide bonds. The van der Waals surface area contributed by atoms with E-state index in [9.17, 15) is 5.11 Å². The highest BCUT2D eigenvalue weighted by Gasteiger charge is 2.36. The number of pyridine rings is 1. The molecule has 0 radical (unpaired) electrons. The van der Waals surface area contributed by atoms with Crippen molar-refractivity contribution in [1.29, 1.82) is 0 Å². The number of aromatic nitrogens is 1. The molecule has 24 heavy (non-hydrogen) atoms. The molecule has 2 aromatic rings. The van der Waals surface area contributed by atoms with Crippen LogP contribution in [0.1, 0.15) is 35.8 Å². The zero-order valence-corrected chi connectivity index (χ0v) is 14.2. The summed E-state index contributed by atoms with van der Waals surface area (Å²) in [6.45, 7) is 4.07. The van der Waals surface area contributed by atoms with E-state index in [0.29, 0.717) is 6.04 Å². The number of aliphatic hydroxyl groups is 1. The van der Waals surface area contributed by atoms with Crippen LogP contribution in [0.3, 0.4) is 0 Å². The van der Waals surface area contributed by atoms with Crippen LogP contribution in [0.4, 0.5) is 5.82 Å². The van der Waals surface area contributed by atoms with Gasteiger partial charge < -0.3 is 10.4 Å². The molecule has 1 aromatic heterocycles. The summed E-state index contributed by atoms with van der Waals surface area (Å²) in [5.74, 6) is 0.974. The molecule has 126 valence electrons. The van der Waals surface area contributed by atoms with Crippen LogP contribution in [0.5, 0.6) is 0 Å². The second-order valence-electron chi connectivity index (χ2n) is 7.03. The summed E-state index contributed by atoms with van der Waals surface area (Å²) in [5.41, 5.74) is 3.47. The molecule has 2 N–H and O–H groups in total. The van der Waals surface area contributed by atoms with Crippen LogP contribution in [0.25, 0.3) is 0 Å². The first-order valence-electron chi connectivity index (χ1n) is 8.91. The van der Waals surface area contributed by atoms with E-state index in [1.807, 2.05) is 31.2 Å². The SMILES string of the molecule is Cc1cccc(NC2CCN([C@H]3Cc4ccccc4[C@H]3O)CC2)n1. The fraction of sp³-hybridized carbons (Fsp3) is 0.450. The molecule has 1 aliphatic heterocycles. The molecule has 4 heteroatoms. The molecule has 2 atom stereocenters. The van der Waals surface area contributed by atoms with Gasteiger partial charge in [0.15, 0.2) is 0 Å². The zero-order chi connectivity index (χ0) is 16.5. The lowest BCUT2D eigenvalue weighted by molar-refractivity contribution is 0.0474. The number of rotatable bonds is 3. The Hall–Kier alpha value is -1.91. The van der Waals surface area contributed by atoms with Crippen LogP contribution in [-0.2, 0) is 6.42 Å². The molecule has 1 aliphatic carbocycles. The second-order valence-corrected chi connectivity index (χ2v) is 7.03. The van der Waals surface area contributed by atoms with Crippen LogP contribution >= 0.6 is 0 Å². The normalized spacial score (nSPS) is 24.8. The minimum absolute atomic E-state index is 0.237. The number of nitrogens with one attached hydrogen (secondary N) is 1. The third-order valence-electron chi connectivity index (χ3n) is 5.41. The average molecular weight is 323 g/mol. The molecule has 2 aliphatic rings. The van der Waals surface area contributed by atoms with Crippen molar-refractivity contribution < 1.29 is 5.11 Å². The molecule has 0 spiro atoms. The Bertz CT molecular complexity index is 710. The predicted molar refractivity (Wildman–Crippen MR) is 96.1 cm³/mol. The summed E-state index contributed by atoms with van der Waals surface area (Å²) in [6.07, 6.45) is 2.81. The molecule has 1 saturated heterocycles. The summed E-state index contributed by atoms with van der Waals surface area (Å²) in [6, 6.07) is 15.1. The van der Waals surface area contributed by atoms with Gasteiger partial charge in [-0.2, -0.15) is 0 Å². The van der Waals surface area contributed by atoms with E-state index in [0.717, 1.165) is 49.4 Å². The lowest BCUT2D eigenvalue weighted by Gasteiger charge is -2.37. The molecule has 4 nitrogen and oxygen atoms in total. The molecule has 0 bridgehead atoms. The van der Waals surface area contributed by atoms with Gasteiger partial charge in [-0.3, -0.25) is 4.90 Å². The van der Waals surface area contributed by atoms with Crippen LogP contribution in [0.2, 0.25) is 0 Å². The number of aryl methyl sites for hydroxylation is 1. The highest BCUT2D eigenvalue weighted by Crippen LogP contribution is 2.35. The monoisotopic (exact) mass is 323 g/mol. The minimum atomic E-state index is -0.343. The Morgan fingerprint density at radius 1 is 1.08 bits per heavy atom. The maximum Gasteiger partial charge on any atom is 0.126 e. The first kappa shape index (κ1) is 15.6. The number of hydrogen-bond donors (Lipinski definition) is 2. The second kappa shape index (κ2) is 6.54. The standard InChI is InChI=1S/C20H25N3O/c1-14-5-4-8-19(21-14)22-16-9-11-23(12-10-16)18-13-15-6-2-3-7-17(15)20(18)24/h2-8,16,18,20,24H,9-13H2,1H3,(H,21,22)/t18-,20+/m0/s1. The van der Waals surface area contributed by atoms with E-state index in [4.69, 9.17) is 0 Å². The van der Waals surface area contributed by atoms with Crippen molar-refractivity contribution in [2.45, 2.75) is 44.4 Å². The van der Waals surface area contributed by atoms with Crippen molar-refractivity contribution in [2.24, 2.45) is 0 Å². The van der Waals surface area contributed by atoms with Gasteiger partial charge in [0, 0.05) is 30.9 Å². The van der Waals surface area contributed by atoms with Crippen molar-refractivity contribution in [3.63, 3.8) is 0 Å². The van der Waals surface area contributed by atoms with Crippen LogP contribution < -0.4 is 5.32 Å². The number of nitrogens with zero attached hydrogens (tertiary/aromatic N) is 2. The number of anilines is 1. The molecule has 0 saturated carbocycles. The first-order chi connectivity index (χ1) is 11.7. The average Bonchev–Trinajstić information content (AvgIpc) is 2.93. The fourth-order valence-corrected chi connectivity index (χ4v) is 4.09. The summed E-state index contributed by atoms with van der Waals surface area (Å²) in [4.78, 5) is 7.00. The van der Waals surface area contributed by atoms with E-state index in [1.54, 1.807) is 0 Å². The van der Waals surface area contributed by atoms with Gasteiger partial charge in [0.1, 0.15) is 5.82 Å². The number of aliphatic hydroxyl groups excluding tert-OH is 1. The number of fused-ring (bicyclic) bond motifs is 1. The van der Waals surface area contributed by atoms with Crippen molar-refractivity contribution in [2.75, 3.05) is 18.4 Å². The first-order valence-corrected chi connectivity index (χ1v) is 8.91. The van der Waals surface area contributed by atoms with Gasteiger partial charge in [0.25, 0.3) is 0 Å². The van der Waals surface area contributed by atoms with Crippen molar-refractivity contribution in [3.8, 4) is 0 Å². The zero-order valence-electron chi connectivity index (χ0n) is 14.2. The van der Waals surface area contributed by atoms with E-state index in [1.165, 1.54) is 5.56 Å². The molecule has 1 aromatic carbocycles. The van der Waals surface area contributed by atoms with Gasteiger partial charge in [0.05, 0.1) is 6.10 Å². The Balaban J connectivity index is 1.35. The molecule has 0 unspecified atom stereocenters. The summed E-state index contributed by atoms with van der Waals surface area (Å²) < 4.78 is 0. The van der Waals surface area contributed by atoms with Crippen molar-refractivity contribution in [3.05, 3.63) is 59.3 Å². The number of piperidine rings is 1. The fourth-order valence-electron chi connectivity index (χ4n) is 4.09. The van der Waals surface area contributed by atoms with Gasteiger partial charge in [-0.1, -0.05) is 30.3 Å². The molecule has 2 heterocycles.